The lowest BCUT2D eigenvalue weighted by molar-refractivity contribution is -0.146. The molecule has 2 heterocycles. The second-order valence-corrected chi connectivity index (χ2v) is 5.30. The van der Waals surface area contributed by atoms with E-state index in [2.05, 4.69) is 16.0 Å². The van der Waals surface area contributed by atoms with Gasteiger partial charge in [0.05, 0.1) is 24.3 Å². The predicted molar refractivity (Wildman–Crippen MR) is 84.4 cm³/mol. The van der Waals surface area contributed by atoms with Crippen LogP contribution < -0.4 is 0 Å². The Morgan fingerprint density at radius 1 is 1.39 bits per heavy atom. The Morgan fingerprint density at radius 3 is 2.78 bits per heavy atom. The van der Waals surface area contributed by atoms with Crippen LogP contribution in [0.3, 0.4) is 0 Å². The van der Waals surface area contributed by atoms with Gasteiger partial charge in [-0.25, -0.2) is 9.98 Å². The molecule has 0 N–H and O–H groups in total. The number of hydrogen-bond donors (Lipinski definition) is 0. The van der Waals surface area contributed by atoms with Gasteiger partial charge in [-0.3, -0.25) is 4.79 Å². The number of rotatable bonds is 3. The lowest BCUT2D eigenvalue weighted by Crippen LogP contribution is -2.36. The van der Waals surface area contributed by atoms with Crippen LogP contribution in [-0.4, -0.2) is 27.8 Å². The van der Waals surface area contributed by atoms with Crippen LogP contribution in [0.5, 0.6) is 0 Å². The van der Waals surface area contributed by atoms with Crippen molar-refractivity contribution in [2.75, 3.05) is 6.61 Å². The molecular weight excluding hydrogens is 292 g/mol. The van der Waals surface area contributed by atoms with Crippen LogP contribution >= 0.6 is 0 Å². The molecule has 1 aliphatic heterocycles. The molecule has 0 radical (unpaired) electrons. The number of carbonyl (C=O) groups excluding carboxylic acids is 1. The average Bonchev–Trinajstić information content (AvgIpc) is 3.01. The van der Waals surface area contributed by atoms with Gasteiger partial charge in [0.25, 0.3) is 0 Å². The van der Waals surface area contributed by atoms with E-state index in [0.29, 0.717) is 23.8 Å². The molecule has 23 heavy (non-hydrogen) atoms. The third-order valence-electron chi connectivity index (χ3n) is 3.91. The number of nitriles is 1. The minimum absolute atomic E-state index is 0.281. The van der Waals surface area contributed by atoms with Crippen LogP contribution in [0.15, 0.2) is 41.7 Å². The number of imidazole rings is 1. The molecule has 2 atom stereocenters. The smallest absolute Gasteiger partial charge is 0.317 e. The van der Waals surface area contributed by atoms with Crippen LogP contribution in [0.25, 0.3) is 0 Å². The lowest BCUT2D eigenvalue weighted by atomic mass is 9.88. The van der Waals surface area contributed by atoms with Crippen molar-refractivity contribution in [3.05, 3.63) is 47.8 Å². The number of benzene rings is 1. The zero-order valence-electron chi connectivity index (χ0n) is 12.9. The second-order valence-electron chi connectivity index (χ2n) is 5.30. The molecule has 0 aliphatic carbocycles. The van der Waals surface area contributed by atoms with Gasteiger partial charge in [-0.15, -0.1) is 0 Å². The fraction of sp³-hybridized carbons (Fsp3) is 0.294. The summed E-state index contributed by atoms with van der Waals surface area (Å²) < 4.78 is 7.11. The molecule has 1 aromatic heterocycles. The Hall–Kier alpha value is -2.94. The highest BCUT2D eigenvalue weighted by molar-refractivity contribution is 6.03. The number of hydrogen-bond acceptors (Lipinski definition) is 5. The monoisotopic (exact) mass is 308 g/mol. The van der Waals surface area contributed by atoms with Crippen LogP contribution in [0, 0.1) is 17.2 Å². The van der Waals surface area contributed by atoms with Crippen molar-refractivity contribution in [1.29, 1.82) is 5.26 Å². The van der Waals surface area contributed by atoms with Crippen LogP contribution in [0.2, 0.25) is 0 Å². The second kappa shape index (κ2) is 6.05. The topological polar surface area (TPSA) is 80.3 Å². The van der Waals surface area contributed by atoms with Crippen LogP contribution in [0.4, 0.5) is 5.95 Å². The first kappa shape index (κ1) is 15.0. The standard InChI is InChI=1S/C17H16N4O2/c1-3-23-16(22)14-11(2)20-17-19-8-9-21(17)15(14)13-6-4-12(10-18)5-7-13/h4-9,14-15H,3H2,1-2H3. The molecule has 6 heteroatoms. The summed E-state index contributed by atoms with van der Waals surface area (Å²) in [6, 6.07) is 9.03. The Labute approximate surface area is 134 Å². The molecule has 0 saturated heterocycles. The molecule has 2 aromatic rings. The van der Waals surface area contributed by atoms with Gasteiger partial charge in [0.2, 0.25) is 5.95 Å². The quantitative estimate of drug-likeness (QED) is 0.816. The summed E-state index contributed by atoms with van der Waals surface area (Å²) in [4.78, 5) is 21.1. The summed E-state index contributed by atoms with van der Waals surface area (Å²) in [5.74, 6) is -0.246. The summed E-state index contributed by atoms with van der Waals surface area (Å²) >= 11 is 0. The first-order chi connectivity index (χ1) is 11.2. The Kier molecular flexibility index (Phi) is 3.94. The third-order valence-corrected chi connectivity index (χ3v) is 3.91. The molecule has 0 fully saturated rings. The van der Waals surface area contributed by atoms with Gasteiger partial charge >= 0.3 is 5.97 Å². The van der Waals surface area contributed by atoms with Gasteiger partial charge in [0.15, 0.2) is 0 Å². The van der Waals surface area contributed by atoms with E-state index in [1.165, 1.54) is 0 Å². The highest BCUT2D eigenvalue weighted by Crippen LogP contribution is 2.36. The highest BCUT2D eigenvalue weighted by Gasteiger charge is 2.38. The van der Waals surface area contributed by atoms with Crippen molar-refractivity contribution in [2.45, 2.75) is 19.9 Å². The molecule has 0 bridgehead atoms. The van der Waals surface area contributed by atoms with E-state index in [-0.39, 0.29) is 12.0 Å². The van der Waals surface area contributed by atoms with E-state index in [4.69, 9.17) is 10.00 Å². The van der Waals surface area contributed by atoms with Crippen molar-refractivity contribution in [3.63, 3.8) is 0 Å². The maximum absolute atomic E-state index is 12.5. The average molecular weight is 308 g/mol. The minimum atomic E-state index is -0.510. The molecule has 0 amide bonds. The third kappa shape index (κ3) is 2.61. The molecule has 0 spiro atoms. The van der Waals surface area contributed by atoms with Gasteiger partial charge in [-0.05, 0) is 31.5 Å². The number of aromatic nitrogens is 2. The van der Waals surface area contributed by atoms with Gasteiger partial charge in [0.1, 0.15) is 5.92 Å². The number of aliphatic imine (C=N–C) groups is 1. The summed E-state index contributed by atoms with van der Waals surface area (Å²) in [6.45, 7) is 3.92. The van der Waals surface area contributed by atoms with E-state index >= 15 is 0 Å². The predicted octanol–water partition coefficient (Wildman–Crippen LogP) is 2.63. The fourth-order valence-corrected chi connectivity index (χ4v) is 2.86. The van der Waals surface area contributed by atoms with E-state index < -0.39 is 5.92 Å². The van der Waals surface area contributed by atoms with Crippen molar-refractivity contribution >= 4 is 17.6 Å². The summed E-state index contributed by atoms with van der Waals surface area (Å²) in [7, 11) is 0. The largest absolute Gasteiger partial charge is 0.465 e. The fourth-order valence-electron chi connectivity index (χ4n) is 2.86. The van der Waals surface area contributed by atoms with Gasteiger partial charge in [-0.2, -0.15) is 5.26 Å². The summed E-state index contributed by atoms with van der Waals surface area (Å²) in [6.07, 6.45) is 3.47. The first-order valence-electron chi connectivity index (χ1n) is 7.40. The summed E-state index contributed by atoms with van der Waals surface area (Å²) in [5, 5.41) is 8.96. The maximum Gasteiger partial charge on any atom is 0.317 e. The lowest BCUT2D eigenvalue weighted by Gasteiger charge is -2.31. The molecule has 6 nitrogen and oxygen atoms in total. The molecule has 3 rings (SSSR count). The van der Waals surface area contributed by atoms with Crippen molar-refractivity contribution in [2.24, 2.45) is 10.9 Å². The van der Waals surface area contributed by atoms with Crippen molar-refractivity contribution in [3.8, 4) is 6.07 Å². The highest BCUT2D eigenvalue weighted by atomic mass is 16.5. The van der Waals surface area contributed by atoms with E-state index in [0.717, 1.165) is 5.56 Å². The number of carbonyl (C=O) groups is 1. The normalized spacial score (nSPS) is 19.4. The van der Waals surface area contributed by atoms with E-state index in [9.17, 15) is 4.79 Å². The van der Waals surface area contributed by atoms with Gasteiger partial charge in [-0.1, -0.05) is 12.1 Å². The number of esters is 1. The van der Waals surface area contributed by atoms with Crippen molar-refractivity contribution < 1.29 is 9.53 Å². The molecular formula is C17H16N4O2. The van der Waals surface area contributed by atoms with E-state index in [1.54, 1.807) is 31.5 Å². The Bertz CT molecular complexity index is 799. The Balaban J connectivity index is 2.10. The Morgan fingerprint density at radius 2 is 2.13 bits per heavy atom. The number of ether oxygens (including phenoxy) is 1. The number of fused-ring (bicyclic) bond motifs is 1. The zero-order chi connectivity index (χ0) is 16.4. The molecule has 116 valence electrons. The molecule has 1 aromatic carbocycles. The van der Waals surface area contributed by atoms with Gasteiger partial charge in [0, 0.05) is 18.1 Å². The first-order valence-corrected chi connectivity index (χ1v) is 7.40. The number of nitrogens with zero attached hydrogens (tertiary/aromatic N) is 4. The molecule has 1 aliphatic rings. The van der Waals surface area contributed by atoms with E-state index in [1.807, 2.05) is 23.6 Å². The SMILES string of the molecule is CCOC(=O)C1C(C)=Nc2nccn2C1c1ccc(C#N)cc1. The molecule has 0 saturated carbocycles. The summed E-state index contributed by atoms with van der Waals surface area (Å²) in [5.41, 5.74) is 2.17. The minimum Gasteiger partial charge on any atom is -0.465 e. The maximum atomic E-state index is 12.5. The van der Waals surface area contributed by atoms with Crippen LogP contribution in [-0.2, 0) is 9.53 Å². The molecule has 2 unspecified atom stereocenters. The van der Waals surface area contributed by atoms with Crippen LogP contribution in [0.1, 0.15) is 31.0 Å². The van der Waals surface area contributed by atoms with Crippen molar-refractivity contribution in [1.82, 2.24) is 9.55 Å². The zero-order valence-corrected chi connectivity index (χ0v) is 12.9. The van der Waals surface area contributed by atoms with Gasteiger partial charge < -0.3 is 9.30 Å².